The molecule has 0 bridgehead atoms. The summed E-state index contributed by atoms with van der Waals surface area (Å²) in [6.07, 6.45) is 0.274. The maximum Gasteiger partial charge on any atom is 0.251 e. The number of rotatable bonds is 10. The second-order valence-electron chi connectivity index (χ2n) is 9.05. The Labute approximate surface area is 224 Å². The molecule has 0 atom stereocenters. The summed E-state index contributed by atoms with van der Waals surface area (Å²) in [4.78, 5) is 14.7. The Bertz CT molecular complexity index is 1290. The van der Waals surface area contributed by atoms with Crippen molar-refractivity contribution in [2.24, 2.45) is 0 Å². The van der Waals surface area contributed by atoms with Gasteiger partial charge in [0.2, 0.25) is 20.0 Å². The summed E-state index contributed by atoms with van der Waals surface area (Å²) in [5.41, 5.74) is 1.33. The molecular formula is C25H34N4O7S2. The molecule has 1 N–H and O–H groups in total. The minimum Gasteiger partial charge on any atom is -0.497 e. The molecular weight excluding hydrogens is 532 g/mol. The third-order valence-corrected chi connectivity index (χ3v) is 10.5. The van der Waals surface area contributed by atoms with E-state index < -0.39 is 20.0 Å². The van der Waals surface area contributed by atoms with E-state index in [4.69, 9.17) is 9.47 Å². The lowest BCUT2D eigenvalue weighted by molar-refractivity contribution is 0.0730. The number of sulfonamides is 2. The minimum atomic E-state index is -3.63. The Morgan fingerprint density at radius 1 is 0.868 bits per heavy atom. The van der Waals surface area contributed by atoms with Crippen molar-refractivity contribution >= 4 is 31.6 Å². The summed E-state index contributed by atoms with van der Waals surface area (Å²) in [5.74, 6) is 0.327. The van der Waals surface area contributed by atoms with Gasteiger partial charge in [0, 0.05) is 57.1 Å². The molecule has 2 aromatic carbocycles. The van der Waals surface area contributed by atoms with E-state index in [1.165, 1.54) is 32.9 Å². The number of morpholine rings is 1. The van der Waals surface area contributed by atoms with E-state index in [2.05, 4.69) is 10.2 Å². The quantitative estimate of drug-likeness (QED) is 0.422. The number of ether oxygens (including phenoxy) is 2. The third-order valence-electron chi connectivity index (χ3n) is 6.66. The Morgan fingerprint density at radius 3 is 2.11 bits per heavy atom. The summed E-state index contributed by atoms with van der Waals surface area (Å²) < 4.78 is 64.3. The number of nitrogens with zero attached hydrogens (tertiary/aromatic N) is 3. The summed E-state index contributed by atoms with van der Waals surface area (Å²) in [6, 6.07) is 13.4. The van der Waals surface area contributed by atoms with Gasteiger partial charge >= 0.3 is 0 Å². The molecule has 13 heteroatoms. The molecule has 38 heavy (non-hydrogen) atoms. The number of piperazine rings is 1. The lowest BCUT2D eigenvalue weighted by Gasteiger charge is -2.35. The number of carbonyl (C=O) groups excluding carboxylic acids is 1. The molecule has 0 aliphatic carbocycles. The number of anilines is 1. The van der Waals surface area contributed by atoms with Crippen LogP contribution in [0.3, 0.4) is 0 Å². The largest absolute Gasteiger partial charge is 0.497 e. The fraction of sp³-hybridized carbons (Fsp3) is 0.480. The predicted octanol–water partition coefficient (Wildman–Crippen LogP) is 0.988. The summed E-state index contributed by atoms with van der Waals surface area (Å²) in [7, 11) is -5.46. The SMILES string of the molecule is COc1ccc(N2CCN(S(=O)(=O)CCCNC(=O)c3ccc(S(=O)(=O)N4CCOCC4)cc3)CC2)cc1. The maximum absolute atomic E-state index is 12.8. The zero-order valence-electron chi connectivity index (χ0n) is 21.4. The molecule has 208 valence electrons. The van der Waals surface area contributed by atoms with Crippen LogP contribution in [0.15, 0.2) is 53.4 Å². The molecule has 11 nitrogen and oxygen atoms in total. The van der Waals surface area contributed by atoms with Crippen LogP contribution in [-0.2, 0) is 24.8 Å². The molecule has 0 spiro atoms. The van der Waals surface area contributed by atoms with Gasteiger partial charge < -0.3 is 19.7 Å². The van der Waals surface area contributed by atoms with Gasteiger partial charge in [0.15, 0.2) is 0 Å². The lowest BCUT2D eigenvalue weighted by Crippen LogP contribution is -2.49. The van der Waals surface area contributed by atoms with Crippen LogP contribution in [0.5, 0.6) is 5.75 Å². The highest BCUT2D eigenvalue weighted by Crippen LogP contribution is 2.21. The molecule has 2 heterocycles. The van der Waals surface area contributed by atoms with Crippen molar-refractivity contribution in [3.05, 3.63) is 54.1 Å². The highest BCUT2D eigenvalue weighted by Gasteiger charge is 2.28. The summed E-state index contributed by atoms with van der Waals surface area (Å²) in [5, 5.41) is 2.72. The van der Waals surface area contributed by atoms with Gasteiger partial charge in [0.25, 0.3) is 5.91 Å². The molecule has 2 saturated heterocycles. The van der Waals surface area contributed by atoms with E-state index in [1.807, 2.05) is 24.3 Å². The molecule has 2 fully saturated rings. The molecule has 0 aromatic heterocycles. The minimum absolute atomic E-state index is 0.0630. The monoisotopic (exact) mass is 566 g/mol. The first-order chi connectivity index (χ1) is 18.2. The summed E-state index contributed by atoms with van der Waals surface area (Å²) in [6.45, 7) is 3.50. The Hall–Kier alpha value is -2.71. The van der Waals surface area contributed by atoms with Crippen molar-refractivity contribution in [2.45, 2.75) is 11.3 Å². The number of hydrogen-bond donors (Lipinski definition) is 1. The molecule has 4 rings (SSSR count). The summed E-state index contributed by atoms with van der Waals surface area (Å²) >= 11 is 0. The zero-order valence-corrected chi connectivity index (χ0v) is 23.0. The molecule has 2 aromatic rings. The number of nitrogens with one attached hydrogen (secondary N) is 1. The van der Waals surface area contributed by atoms with E-state index in [9.17, 15) is 21.6 Å². The molecule has 2 aliphatic rings. The van der Waals surface area contributed by atoms with E-state index in [1.54, 1.807) is 7.11 Å². The fourth-order valence-electron chi connectivity index (χ4n) is 4.42. The molecule has 0 radical (unpaired) electrons. The normalized spacial score (nSPS) is 17.8. The number of amides is 1. The van der Waals surface area contributed by atoms with Crippen molar-refractivity contribution in [3.63, 3.8) is 0 Å². The van der Waals surface area contributed by atoms with Crippen molar-refractivity contribution in [2.75, 3.05) is 76.8 Å². The average molecular weight is 567 g/mol. The van der Waals surface area contributed by atoms with Crippen molar-refractivity contribution in [1.82, 2.24) is 13.9 Å². The fourth-order valence-corrected chi connectivity index (χ4v) is 7.31. The standard InChI is InChI=1S/C25H34N4O7S2/c1-35-23-7-5-22(6-8-23)27-12-14-28(15-13-27)37(31,32)20-2-11-26-25(30)21-3-9-24(10-4-21)38(33,34)29-16-18-36-19-17-29/h3-10H,2,11-20H2,1H3,(H,26,30). The van der Waals surface area contributed by atoms with Crippen LogP contribution in [0.1, 0.15) is 16.8 Å². The number of methoxy groups -OCH3 is 1. The van der Waals surface area contributed by atoms with Crippen LogP contribution in [0.25, 0.3) is 0 Å². The van der Waals surface area contributed by atoms with Gasteiger partial charge in [0.05, 0.1) is 31.0 Å². The Balaban J connectivity index is 1.21. The first-order valence-corrected chi connectivity index (χ1v) is 15.6. The van der Waals surface area contributed by atoms with Gasteiger partial charge in [-0.3, -0.25) is 4.79 Å². The molecule has 1 amide bonds. The first kappa shape index (κ1) is 28.3. The van der Waals surface area contributed by atoms with Crippen molar-refractivity contribution < 1.29 is 31.1 Å². The predicted molar refractivity (Wildman–Crippen MR) is 144 cm³/mol. The third kappa shape index (κ3) is 6.83. The van der Waals surface area contributed by atoms with Gasteiger partial charge in [0.1, 0.15) is 5.75 Å². The van der Waals surface area contributed by atoms with E-state index in [0.29, 0.717) is 58.0 Å². The first-order valence-electron chi connectivity index (χ1n) is 12.5. The van der Waals surface area contributed by atoms with Gasteiger partial charge in [-0.05, 0) is 55.0 Å². The highest BCUT2D eigenvalue weighted by atomic mass is 32.2. The van der Waals surface area contributed by atoms with Gasteiger partial charge in [-0.25, -0.2) is 16.8 Å². The number of hydrogen-bond acceptors (Lipinski definition) is 8. The van der Waals surface area contributed by atoms with E-state index >= 15 is 0 Å². The molecule has 0 saturated carbocycles. The zero-order chi connectivity index (χ0) is 27.2. The second-order valence-corrected chi connectivity index (χ2v) is 13.1. The van der Waals surface area contributed by atoms with Crippen LogP contribution >= 0.6 is 0 Å². The van der Waals surface area contributed by atoms with Crippen LogP contribution in [0.2, 0.25) is 0 Å². The molecule has 0 unspecified atom stereocenters. The van der Waals surface area contributed by atoms with Crippen molar-refractivity contribution in [1.29, 1.82) is 0 Å². The van der Waals surface area contributed by atoms with Crippen molar-refractivity contribution in [3.8, 4) is 5.75 Å². The number of benzene rings is 2. The highest BCUT2D eigenvalue weighted by molar-refractivity contribution is 7.89. The smallest absolute Gasteiger partial charge is 0.251 e. The van der Waals surface area contributed by atoms with E-state index in [0.717, 1.165) is 11.4 Å². The Kier molecular flexibility index (Phi) is 9.26. The maximum atomic E-state index is 12.8. The van der Waals surface area contributed by atoms with Gasteiger partial charge in [-0.15, -0.1) is 0 Å². The van der Waals surface area contributed by atoms with Crippen LogP contribution in [-0.4, -0.2) is 103 Å². The Morgan fingerprint density at radius 2 is 1.50 bits per heavy atom. The molecule has 2 aliphatic heterocycles. The average Bonchev–Trinajstić information content (AvgIpc) is 2.96. The van der Waals surface area contributed by atoms with Gasteiger partial charge in [-0.2, -0.15) is 8.61 Å². The lowest BCUT2D eigenvalue weighted by atomic mass is 10.2. The van der Waals surface area contributed by atoms with E-state index in [-0.39, 0.29) is 29.5 Å². The number of carbonyl (C=O) groups is 1. The second kappa shape index (κ2) is 12.4. The van der Waals surface area contributed by atoms with Crippen LogP contribution in [0, 0.1) is 0 Å². The van der Waals surface area contributed by atoms with Gasteiger partial charge in [-0.1, -0.05) is 0 Å². The van der Waals surface area contributed by atoms with Crippen LogP contribution in [0.4, 0.5) is 5.69 Å². The van der Waals surface area contributed by atoms with Crippen LogP contribution < -0.4 is 15.0 Å². The topological polar surface area (TPSA) is 126 Å².